The van der Waals surface area contributed by atoms with Gasteiger partial charge in [0.2, 0.25) is 0 Å². The smallest absolute Gasteiger partial charge is 0.333 e. The Balaban J connectivity index is 1.83. The molecule has 25 heavy (non-hydrogen) atoms. The van der Waals surface area contributed by atoms with Crippen LogP contribution in [0.3, 0.4) is 0 Å². The van der Waals surface area contributed by atoms with Gasteiger partial charge in [-0.2, -0.15) is 0 Å². The van der Waals surface area contributed by atoms with Crippen molar-refractivity contribution in [2.24, 2.45) is 17.8 Å². The van der Waals surface area contributed by atoms with Crippen molar-refractivity contribution in [1.82, 2.24) is 0 Å². The van der Waals surface area contributed by atoms with Gasteiger partial charge in [-0.05, 0) is 19.3 Å². The van der Waals surface area contributed by atoms with E-state index in [-0.39, 0.29) is 37.4 Å². The minimum atomic E-state index is -0.666. The van der Waals surface area contributed by atoms with Crippen LogP contribution in [-0.4, -0.2) is 50.4 Å². The lowest BCUT2D eigenvalue weighted by Gasteiger charge is -2.27. The van der Waals surface area contributed by atoms with Crippen LogP contribution < -0.4 is 0 Å². The highest BCUT2D eigenvalue weighted by molar-refractivity contribution is 5.87. The molecule has 138 valence electrons. The van der Waals surface area contributed by atoms with Gasteiger partial charge in [-0.1, -0.05) is 25.7 Å². The Morgan fingerprint density at radius 1 is 1.12 bits per heavy atom. The van der Waals surface area contributed by atoms with Gasteiger partial charge in [-0.15, -0.1) is 0 Å². The van der Waals surface area contributed by atoms with Crippen LogP contribution in [0, 0.1) is 17.8 Å². The van der Waals surface area contributed by atoms with Crippen molar-refractivity contribution < 1.29 is 33.3 Å². The first-order valence-corrected chi connectivity index (χ1v) is 8.34. The molecule has 7 nitrogen and oxygen atoms in total. The van der Waals surface area contributed by atoms with Gasteiger partial charge < -0.3 is 18.9 Å². The highest BCUT2D eigenvalue weighted by atomic mass is 16.6. The summed E-state index contributed by atoms with van der Waals surface area (Å²) in [5, 5.41) is 0. The standard InChI is InChI=1S/C18H24O7/c1-11(2)16(19)22-6-7-23-18(21)15-8-12(3)4-5-14(15)17(20)25-10-13-9-24-13/h4-5,12-15H,1,6-10H2,2-3H3. The van der Waals surface area contributed by atoms with E-state index in [1.165, 1.54) is 6.92 Å². The largest absolute Gasteiger partial charge is 0.462 e. The molecule has 2 aliphatic rings. The van der Waals surface area contributed by atoms with Crippen molar-refractivity contribution in [2.45, 2.75) is 26.4 Å². The Bertz CT molecular complexity index is 562. The number of carbonyl (C=O) groups excluding carboxylic acids is 3. The molecule has 1 heterocycles. The van der Waals surface area contributed by atoms with Gasteiger partial charge in [-0.25, -0.2) is 4.79 Å². The van der Waals surface area contributed by atoms with E-state index in [0.717, 1.165) is 0 Å². The molecule has 1 fully saturated rings. The van der Waals surface area contributed by atoms with Crippen LogP contribution in [0.5, 0.6) is 0 Å². The molecular formula is C18H24O7. The van der Waals surface area contributed by atoms with Gasteiger partial charge in [-0.3, -0.25) is 9.59 Å². The lowest BCUT2D eigenvalue weighted by molar-refractivity contribution is -0.161. The van der Waals surface area contributed by atoms with Crippen LogP contribution in [0.15, 0.2) is 24.3 Å². The third-order valence-corrected chi connectivity index (χ3v) is 4.00. The van der Waals surface area contributed by atoms with Crippen LogP contribution in [0.25, 0.3) is 0 Å². The summed E-state index contributed by atoms with van der Waals surface area (Å²) in [6, 6.07) is 0. The zero-order chi connectivity index (χ0) is 18.4. The third kappa shape index (κ3) is 6.01. The average Bonchev–Trinajstić information content (AvgIpc) is 3.40. The van der Waals surface area contributed by atoms with E-state index in [0.29, 0.717) is 13.0 Å². The highest BCUT2D eigenvalue weighted by Gasteiger charge is 2.38. The van der Waals surface area contributed by atoms with Gasteiger partial charge in [0.15, 0.2) is 0 Å². The van der Waals surface area contributed by atoms with Crippen molar-refractivity contribution in [3.8, 4) is 0 Å². The van der Waals surface area contributed by atoms with E-state index in [4.69, 9.17) is 18.9 Å². The number of ether oxygens (including phenoxy) is 4. The summed E-state index contributed by atoms with van der Waals surface area (Å²) in [6.07, 6.45) is 4.08. The molecule has 0 saturated carbocycles. The van der Waals surface area contributed by atoms with E-state index < -0.39 is 29.7 Å². The molecule has 0 aromatic carbocycles. The van der Waals surface area contributed by atoms with Crippen molar-refractivity contribution in [3.05, 3.63) is 24.3 Å². The number of hydrogen-bond acceptors (Lipinski definition) is 7. The molecule has 7 heteroatoms. The van der Waals surface area contributed by atoms with Crippen molar-refractivity contribution >= 4 is 17.9 Å². The molecule has 2 rings (SSSR count). The summed E-state index contributed by atoms with van der Waals surface area (Å²) in [7, 11) is 0. The molecule has 0 spiro atoms. The lowest BCUT2D eigenvalue weighted by Crippen LogP contribution is -2.35. The van der Waals surface area contributed by atoms with Crippen LogP contribution >= 0.6 is 0 Å². The molecule has 1 saturated heterocycles. The Morgan fingerprint density at radius 2 is 1.80 bits per heavy atom. The topological polar surface area (TPSA) is 91.4 Å². The number of esters is 3. The van der Waals surface area contributed by atoms with Gasteiger partial charge >= 0.3 is 17.9 Å². The summed E-state index contributed by atoms with van der Waals surface area (Å²) in [5.74, 6) is -2.59. The number of carbonyl (C=O) groups is 3. The SMILES string of the molecule is C=C(C)C(=O)OCCOC(=O)C1CC(C)C=CC1C(=O)OCC1CO1. The lowest BCUT2D eigenvalue weighted by atomic mass is 9.79. The fraction of sp³-hybridized carbons (Fsp3) is 0.611. The third-order valence-electron chi connectivity index (χ3n) is 4.00. The van der Waals surface area contributed by atoms with Crippen LogP contribution in [0.4, 0.5) is 0 Å². The van der Waals surface area contributed by atoms with Crippen LogP contribution in [-0.2, 0) is 33.3 Å². The summed E-state index contributed by atoms with van der Waals surface area (Å²) >= 11 is 0. The molecule has 1 aliphatic carbocycles. The molecule has 1 aliphatic heterocycles. The van der Waals surface area contributed by atoms with Gasteiger partial charge in [0.1, 0.15) is 25.9 Å². The number of epoxide rings is 1. The average molecular weight is 352 g/mol. The molecule has 4 unspecified atom stereocenters. The van der Waals surface area contributed by atoms with E-state index in [2.05, 4.69) is 6.58 Å². The fourth-order valence-electron chi connectivity index (χ4n) is 2.50. The predicted octanol–water partition coefficient (Wildman–Crippen LogP) is 1.42. The molecule has 0 N–H and O–H groups in total. The Kier molecular flexibility index (Phi) is 6.75. The number of rotatable bonds is 8. The van der Waals surface area contributed by atoms with E-state index >= 15 is 0 Å². The fourth-order valence-corrected chi connectivity index (χ4v) is 2.50. The first kappa shape index (κ1) is 19.2. The summed E-state index contributed by atoms with van der Waals surface area (Å²) in [6.45, 7) is 7.65. The second-order valence-electron chi connectivity index (χ2n) is 6.40. The molecule has 0 aromatic heterocycles. The maximum atomic E-state index is 12.3. The first-order chi connectivity index (χ1) is 11.9. The predicted molar refractivity (Wildman–Crippen MR) is 87.3 cm³/mol. The van der Waals surface area contributed by atoms with Crippen molar-refractivity contribution in [3.63, 3.8) is 0 Å². The van der Waals surface area contributed by atoms with Gasteiger partial charge in [0, 0.05) is 5.57 Å². The monoisotopic (exact) mass is 352 g/mol. The summed E-state index contributed by atoms with van der Waals surface area (Å²) in [5.41, 5.74) is 0.278. The zero-order valence-electron chi connectivity index (χ0n) is 14.6. The Hall–Kier alpha value is -2.15. The molecule has 0 aromatic rings. The minimum absolute atomic E-state index is 0.0242. The molecule has 0 amide bonds. The minimum Gasteiger partial charge on any atom is -0.462 e. The molecular weight excluding hydrogens is 328 g/mol. The summed E-state index contributed by atoms with van der Waals surface area (Å²) in [4.78, 5) is 35.8. The maximum absolute atomic E-state index is 12.3. The van der Waals surface area contributed by atoms with Crippen LogP contribution in [0.1, 0.15) is 20.3 Å². The second-order valence-corrected chi connectivity index (χ2v) is 6.40. The van der Waals surface area contributed by atoms with E-state index in [9.17, 15) is 14.4 Å². The molecule has 4 atom stereocenters. The van der Waals surface area contributed by atoms with Crippen LogP contribution in [0.2, 0.25) is 0 Å². The maximum Gasteiger partial charge on any atom is 0.333 e. The Morgan fingerprint density at radius 3 is 2.44 bits per heavy atom. The second kappa shape index (κ2) is 8.80. The summed E-state index contributed by atoms with van der Waals surface area (Å²) < 4.78 is 20.2. The highest BCUT2D eigenvalue weighted by Crippen LogP contribution is 2.30. The van der Waals surface area contributed by atoms with Gasteiger partial charge in [0.05, 0.1) is 18.4 Å². The van der Waals surface area contributed by atoms with E-state index in [1.54, 1.807) is 6.08 Å². The van der Waals surface area contributed by atoms with E-state index in [1.807, 2.05) is 13.0 Å². The first-order valence-electron chi connectivity index (χ1n) is 8.34. The molecule has 0 bridgehead atoms. The molecule has 0 radical (unpaired) electrons. The van der Waals surface area contributed by atoms with Crippen molar-refractivity contribution in [1.29, 1.82) is 0 Å². The number of allylic oxidation sites excluding steroid dienone is 1. The zero-order valence-corrected chi connectivity index (χ0v) is 14.6. The van der Waals surface area contributed by atoms with Crippen molar-refractivity contribution in [2.75, 3.05) is 26.4 Å². The Labute approximate surface area is 146 Å². The normalized spacial score (nSPS) is 27.3. The quantitative estimate of drug-likeness (QED) is 0.163. The number of hydrogen-bond donors (Lipinski definition) is 0. The van der Waals surface area contributed by atoms with Gasteiger partial charge in [0.25, 0.3) is 0 Å².